The molecule has 3 heterocycles. The number of para-hydroxylation sites is 1. The number of hydrogen-bond donors (Lipinski definition) is 2. The number of aliphatic carboxylic acids is 1. The molecule has 0 bridgehead atoms. The molecular weight excluding hydrogens is 458 g/mol. The van der Waals surface area contributed by atoms with E-state index in [2.05, 4.69) is 11.4 Å². The molecule has 3 aliphatic rings. The van der Waals surface area contributed by atoms with E-state index in [1.807, 2.05) is 29.2 Å². The Morgan fingerprint density at radius 1 is 1.19 bits per heavy atom. The Labute approximate surface area is 213 Å². The van der Waals surface area contributed by atoms with Crippen molar-refractivity contribution in [2.24, 2.45) is 0 Å². The first-order chi connectivity index (χ1) is 17.6. The van der Waals surface area contributed by atoms with Gasteiger partial charge in [-0.25, -0.2) is 4.98 Å². The predicted molar refractivity (Wildman–Crippen MR) is 137 cm³/mol. The standard InChI is InChI=1S/C28H37N3O5/c1-34-25-17-19(30-27-23(25)9-6-14-29-27)7-4-5-16-35-21-13-15-31(18-21)26(28(32)33)22-8-2-3-10-24(22)36-20-11-12-20/h2-3,8,10,17,20-21,26H,4-7,9,11-16,18H2,1H3,(H,29,30)(H,32,33). The number of unbranched alkanes of at least 4 members (excludes halogenated alkanes) is 1. The Morgan fingerprint density at radius 3 is 2.86 bits per heavy atom. The van der Waals surface area contributed by atoms with E-state index in [4.69, 9.17) is 19.2 Å². The fourth-order valence-electron chi connectivity index (χ4n) is 5.22. The van der Waals surface area contributed by atoms with E-state index in [1.165, 1.54) is 5.56 Å². The van der Waals surface area contributed by atoms with Crippen LogP contribution in [0.5, 0.6) is 11.5 Å². The van der Waals surface area contributed by atoms with Gasteiger partial charge in [0.15, 0.2) is 0 Å². The Bertz CT molecular complexity index is 1040. The van der Waals surface area contributed by atoms with Crippen molar-refractivity contribution in [2.75, 3.05) is 38.7 Å². The third kappa shape index (κ3) is 5.93. The van der Waals surface area contributed by atoms with Gasteiger partial charge in [0.25, 0.3) is 0 Å². The van der Waals surface area contributed by atoms with E-state index in [9.17, 15) is 9.90 Å². The maximum atomic E-state index is 12.3. The van der Waals surface area contributed by atoms with Crippen molar-refractivity contribution in [2.45, 2.75) is 69.6 Å². The molecule has 2 aromatic rings. The normalized spacial score (nSPS) is 20.4. The molecule has 194 valence electrons. The predicted octanol–water partition coefficient (Wildman–Crippen LogP) is 4.23. The second-order valence-electron chi connectivity index (χ2n) is 10.0. The number of nitrogens with zero attached hydrogens (tertiary/aromatic N) is 2. The summed E-state index contributed by atoms with van der Waals surface area (Å²) in [5.74, 6) is 1.75. The van der Waals surface area contributed by atoms with E-state index in [1.54, 1.807) is 7.11 Å². The van der Waals surface area contributed by atoms with Crippen LogP contribution in [-0.4, -0.2) is 66.5 Å². The highest BCUT2D eigenvalue weighted by Crippen LogP contribution is 2.36. The van der Waals surface area contributed by atoms with Gasteiger partial charge in [0.05, 0.1) is 19.3 Å². The van der Waals surface area contributed by atoms with Crippen LogP contribution in [0.25, 0.3) is 0 Å². The topological polar surface area (TPSA) is 93.2 Å². The lowest BCUT2D eigenvalue weighted by molar-refractivity contribution is -0.143. The number of benzene rings is 1. The third-order valence-electron chi connectivity index (χ3n) is 7.24. The van der Waals surface area contributed by atoms with Crippen molar-refractivity contribution in [1.29, 1.82) is 0 Å². The molecule has 2 aliphatic heterocycles. The molecule has 8 nitrogen and oxygen atoms in total. The van der Waals surface area contributed by atoms with Gasteiger partial charge in [-0.15, -0.1) is 0 Å². The Kier molecular flexibility index (Phi) is 7.92. The molecule has 1 saturated carbocycles. The van der Waals surface area contributed by atoms with Gasteiger partial charge in [-0.2, -0.15) is 0 Å². The highest BCUT2D eigenvalue weighted by Gasteiger charge is 2.36. The van der Waals surface area contributed by atoms with Gasteiger partial charge in [-0.05, 0) is 57.4 Å². The number of methoxy groups -OCH3 is 1. The smallest absolute Gasteiger partial charge is 0.325 e. The quantitative estimate of drug-likeness (QED) is 0.423. The molecule has 1 aliphatic carbocycles. The van der Waals surface area contributed by atoms with Gasteiger partial charge < -0.3 is 24.6 Å². The number of nitrogens with one attached hydrogen (secondary N) is 1. The number of fused-ring (bicyclic) bond motifs is 1. The molecule has 0 amide bonds. The molecule has 0 radical (unpaired) electrons. The van der Waals surface area contributed by atoms with Gasteiger partial charge in [0, 0.05) is 49.1 Å². The fraction of sp³-hybridized carbons (Fsp3) is 0.571. The molecule has 1 aromatic heterocycles. The molecule has 36 heavy (non-hydrogen) atoms. The molecule has 2 fully saturated rings. The summed E-state index contributed by atoms with van der Waals surface area (Å²) in [7, 11) is 1.72. The SMILES string of the molecule is COc1cc(CCCCOC2CCN(C(C(=O)O)c3ccccc3OC3CC3)C2)nc2c1CCCN2. The fourth-order valence-corrected chi connectivity index (χ4v) is 5.22. The van der Waals surface area contributed by atoms with Crippen LogP contribution in [0.15, 0.2) is 30.3 Å². The molecule has 0 spiro atoms. The number of hydrogen-bond acceptors (Lipinski definition) is 7. The number of carbonyl (C=O) groups is 1. The van der Waals surface area contributed by atoms with Crippen molar-refractivity contribution in [1.82, 2.24) is 9.88 Å². The number of rotatable bonds is 12. The summed E-state index contributed by atoms with van der Waals surface area (Å²) in [5.41, 5.74) is 2.96. The molecule has 2 N–H and O–H groups in total. The number of carboxylic acids is 1. The third-order valence-corrected chi connectivity index (χ3v) is 7.24. The Balaban J connectivity index is 1.10. The van der Waals surface area contributed by atoms with E-state index < -0.39 is 12.0 Å². The molecule has 1 aromatic carbocycles. The minimum atomic E-state index is -0.843. The number of carboxylic acid groups (broad SMARTS) is 1. The Morgan fingerprint density at radius 2 is 2.06 bits per heavy atom. The lowest BCUT2D eigenvalue weighted by Gasteiger charge is -2.26. The molecule has 2 atom stereocenters. The number of pyridine rings is 1. The van der Waals surface area contributed by atoms with Crippen LogP contribution >= 0.6 is 0 Å². The first-order valence-electron chi connectivity index (χ1n) is 13.3. The number of anilines is 1. The maximum absolute atomic E-state index is 12.3. The van der Waals surface area contributed by atoms with Crippen molar-refractivity contribution in [3.63, 3.8) is 0 Å². The molecule has 8 heteroatoms. The highest BCUT2D eigenvalue weighted by atomic mass is 16.5. The van der Waals surface area contributed by atoms with E-state index in [-0.39, 0.29) is 12.2 Å². The van der Waals surface area contributed by atoms with E-state index in [0.29, 0.717) is 25.4 Å². The van der Waals surface area contributed by atoms with E-state index >= 15 is 0 Å². The highest BCUT2D eigenvalue weighted by molar-refractivity contribution is 5.76. The zero-order valence-electron chi connectivity index (χ0n) is 21.1. The van der Waals surface area contributed by atoms with Gasteiger partial charge >= 0.3 is 5.97 Å². The number of aromatic nitrogens is 1. The second-order valence-corrected chi connectivity index (χ2v) is 10.0. The average Bonchev–Trinajstić information content (AvgIpc) is 3.59. The molecule has 5 rings (SSSR count). The number of aryl methyl sites for hydroxylation is 1. The van der Waals surface area contributed by atoms with Crippen LogP contribution < -0.4 is 14.8 Å². The second kappa shape index (κ2) is 11.5. The first kappa shape index (κ1) is 24.8. The molecular formula is C28H37N3O5. The van der Waals surface area contributed by atoms with Crippen molar-refractivity contribution in [3.8, 4) is 11.5 Å². The van der Waals surface area contributed by atoms with Crippen LogP contribution in [0.3, 0.4) is 0 Å². The summed E-state index contributed by atoms with van der Waals surface area (Å²) in [6.07, 6.45) is 8.10. The van der Waals surface area contributed by atoms with Gasteiger partial charge in [0.2, 0.25) is 0 Å². The van der Waals surface area contributed by atoms with Gasteiger partial charge in [0.1, 0.15) is 23.4 Å². The zero-order chi connectivity index (χ0) is 24.9. The lowest BCUT2D eigenvalue weighted by Crippen LogP contribution is -2.33. The summed E-state index contributed by atoms with van der Waals surface area (Å²) in [4.78, 5) is 19.1. The average molecular weight is 496 g/mol. The largest absolute Gasteiger partial charge is 0.496 e. The summed E-state index contributed by atoms with van der Waals surface area (Å²) in [6, 6.07) is 8.91. The lowest BCUT2D eigenvalue weighted by atomic mass is 10.0. The monoisotopic (exact) mass is 495 g/mol. The van der Waals surface area contributed by atoms with Crippen LogP contribution in [-0.2, 0) is 22.4 Å². The van der Waals surface area contributed by atoms with Crippen LogP contribution in [0.4, 0.5) is 5.82 Å². The summed E-state index contributed by atoms with van der Waals surface area (Å²) >= 11 is 0. The maximum Gasteiger partial charge on any atom is 0.325 e. The van der Waals surface area contributed by atoms with Crippen molar-refractivity contribution < 1.29 is 24.1 Å². The summed E-state index contributed by atoms with van der Waals surface area (Å²) in [6.45, 7) is 2.94. The minimum Gasteiger partial charge on any atom is -0.496 e. The first-order valence-corrected chi connectivity index (χ1v) is 13.3. The summed E-state index contributed by atoms with van der Waals surface area (Å²) in [5, 5.41) is 13.5. The number of ether oxygens (including phenoxy) is 3. The molecule has 1 saturated heterocycles. The zero-order valence-corrected chi connectivity index (χ0v) is 21.1. The van der Waals surface area contributed by atoms with Crippen LogP contribution in [0.2, 0.25) is 0 Å². The van der Waals surface area contributed by atoms with Gasteiger partial charge in [-0.1, -0.05) is 18.2 Å². The van der Waals surface area contributed by atoms with Crippen LogP contribution in [0.1, 0.15) is 61.4 Å². The summed E-state index contributed by atoms with van der Waals surface area (Å²) < 4.78 is 17.8. The van der Waals surface area contributed by atoms with E-state index in [0.717, 1.165) is 80.7 Å². The molecule has 2 unspecified atom stereocenters. The van der Waals surface area contributed by atoms with Gasteiger partial charge in [-0.3, -0.25) is 9.69 Å². The van der Waals surface area contributed by atoms with Crippen molar-refractivity contribution >= 4 is 11.8 Å². The van der Waals surface area contributed by atoms with Crippen LogP contribution in [0, 0.1) is 0 Å². The number of likely N-dealkylation sites (tertiary alicyclic amines) is 1. The van der Waals surface area contributed by atoms with Crippen molar-refractivity contribution in [3.05, 3.63) is 47.2 Å². The Hall–Kier alpha value is -2.84. The minimum absolute atomic E-state index is 0.0505.